The minimum absolute atomic E-state index is 0.266. The second-order valence-electron chi connectivity index (χ2n) is 7.32. The Labute approximate surface area is 203 Å². The van der Waals surface area contributed by atoms with Crippen molar-refractivity contribution in [2.24, 2.45) is 4.99 Å². The van der Waals surface area contributed by atoms with Crippen LogP contribution >= 0.6 is 22.7 Å². The van der Waals surface area contributed by atoms with Crippen LogP contribution in [0.4, 0.5) is 0 Å². The van der Waals surface area contributed by atoms with Crippen LogP contribution in [-0.2, 0) is 14.3 Å². The van der Waals surface area contributed by atoms with Crippen molar-refractivity contribution in [2.45, 2.75) is 26.8 Å². The summed E-state index contributed by atoms with van der Waals surface area (Å²) in [7, 11) is 1.31. The Bertz CT molecular complexity index is 1460. The second-order valence-corrected chi connectivity index (χ2v) is 9.31. The highest BCUT2D eigenvalue weighted by molar-refractivity contribution is 7.10. The molecule has 176 valence electrons. The van der Waals surface area contributed by atoms with E-state index in [9.17, 15) is 14.4 Å². The number of hydrogen-bond acceptors (Lipinski definition) is 9. The van der Waals surface area contributed by atoms with Crippen LogP contribution in [0.3, 0.4) is 0 Å². The average Bonchev–Trinajstić information content (AvgIpc) is 3.43. The van der Waals surface area contributed by atoms with Gasteiger partial charge in [-0.1, -0.05) is 23.5 Å². The molecule has 3 aromatic rings. The highest BCUT2D eigenvalue weighted by Gasteiger charge is 2.33. The Morgan fingerprint density at radius 2 is 2.03 bits per heavy atom. The topological polar surface area (TPSA) is 96.2 Å². The maximum Gasteiger partial charge on any atom is 0.338 e. The Kier molecular flexibility index (Phi) is 6.80. The summed E-state index contributed by atoms with van der Waals surface area (Å²) < 4.78 is 17.8. The lowest BCUT2D eigenvalue weighted by Crippen LogP contribution is -2.39. The zero-order valence-electron chi connectivity index (χ0n) is 19.0. The number of carbonyl (C=O) groups is 2. The van der Waals surface area contributed by atoms with Crippen molar-refractivity contribution in [1.29, 1.82) is 0 Å². The van der Waals surface area contributed by atoms with E-state index in [0.29, 0.717) is 44.3 Å². The van der Waals surface area contributed by atoms with Gasteiger partial charge in [-0.05, 0) is 49.1 Å². The SMILES string of the molecule is CCOc1cc(C=c2sc3n(c2=O)C(c2cccs2)C(C(=O)OC)=C(C)N=3)ccc1OC(C)=O. The minimum atomic E-state index is -0.615. The molecule has 1 unspecified atom stereocenters. The minimum Gasteiger partial charge on any atom is -0.490 e. The Balaban J connectivity index is 1.87. The lowest BCUT2D eigenvalue weighted by Gasteiger charge is -2.22. The van der Waals surface area contributed by atoms with E-state index in [2.05, 4.69) is 4.99 Å². The lowest BCUT2D eigenvalue weighted by molar-refractivity contribution is -0.136. The van der Waals surface area contributed by atoms with Gasteiger partial charge in [-0.15, -0.1) is 11.3 Å². The highest BCUT2D eigenvalue weighted by atomic mass is 32.1. The van der Waals surface area contributed by atoms with Crippen LogP contribution in [0, 0.1) is 0 Å². The van der Waals surface area contributed by atoms with Crippen molar-refractivity contribution in [2.75, 3.05) is 13.7 Å². The van der Waals surface area contributed by atoms with Crippen molar-refractivity contribution in [3.63, 3.8) is 0 Å². The summed E-state index contributed by atoms with van der Waals surface area (Å²) >= 11 is 2.69. The van der Waals surface area contributed by atoms with Gasteiger partial charge in [0.1, 0.15) is 6.04 Å². The lowest BCUT2D eigenvalue weighted by atomic mass is 10.0. The molecule has 0 radical (unpaired) electrons. The van der Waals surface area contributed by atoms with E-state index in [-0.39, 0.29) is 5.56 Å². The molecule has 1 aliphatic rings. The maximum absolute atomic E-state index is 13.5. The van der Waals surface area contributed by atoms with Crippen molar-refractivity contribution >= 4 is 40.7 Å². The van der Waals surface area contributed by atoms with Gasteiger partial charge < -0.3 is 14.2 Å². The van der Waals surface area contributed by atoms with Gasteiger partial charge in [0.25, 0.3) is 5.56 Å². The number of hydrogen-bond donors (Lipinski definition) is 0. The Morgan fingerprint density at radius 3 is 2.68 bits per heavy atom. The van der Waals surface area contributed by atoms with Gasteiger partial charge in [0.2, 0.25) is 0 Å². The predicted molar refractivity (Wildman–Crippen MR) is 129 cm³/mol. The number of benzene rings is 1. The maximum atomic E-state index is 13.5. The number of rotatable bonds is 6. The standard InChI is InChI=1S/C24H22N2O6S2/c1-5-31-17-11-15(8-9-16(17)32-14(3)27)12-19-22(28)26-21(18-7-6-10-33-18)20(23(29)30-4)13(2)25-24(26)34-19/h6-12,21H,5H2,1-4H3. The van der Waals surface area contributed by atoms with Crippen LogP contribution in [-0.4, -0.2) is 30.2 Å². The van der Waals surface area contributed by atoms with E-state index in [1.165, 1.54) is 41.3 Å². The van der Waals surface area contributed by atoms with E-state index in [1.54, 1.807) is 31.2 Å². The molecular formula is C24H22N2O6S2. The van der Waals surface area contributed by atoms with Gasteiger partial charge in [0.05, 0.1) is 29.5 Å². The Morgan fingerprint density at radius 1 is 1.24 bits per heavy atom. The molecule has 0 spiro atoms. The first-order chi connectivity index (χ1) is 16.3. The molecule has 0 N–H and O–H groups in total. The number of methoxy groups -OCH3 is 1. The van der Waals surface area contributed by atoms with Crippen LogP contribution < -0.4 is 24.4 Å². The number of thiazole rings is 1. The third kappa shape index (κ3) is 4.46. The summed E-state index contributed by atoms with van der Waals surface area (Å²) in [6.45, 7) is 5.27. The van der Waals surface area contributed by atoms with Crippen molar-refractivity contribution in [3.8, 4) is 11.5 Å². The van der Waals surface area contributed by atoms with Crippen molar-refractivity contribution in [3.05, 3.63) is 77.1 Å². The summed E-state index contributed by atoms with van der Waals surface area (Å²) in [5.41, 5.74) is 1.29. The van der Waals surface area contributed by atoms with E-state index in [0.717, 1.165) is 4.88 Å². The van der Waals surface area contributed by atoms with Crippen molar-refractivity contribution in [1.82, 2.24) is 4.57 Å². The van der Waals surface area contributed by atoms with E-state index < -0.39 is 18.0 Å². The average molecular weight is 499 g/mol. The largest absolute Gasteiger partial charge is 0.490 e. The van der Waals surface area contributed by atoms with Crippen LogP contribution in [0.1, 0.15) is 37.3 Å². The molecule has 10 heteroatoms. The predicted octanol–water partition coefficient (Wildman–Crippen LogP) is 2.79. The van der Waals surface area contributed by atoms with Crippen LogP contribution in [0.15, 0.2) is 56.8 Å². The molecule has 2 aromatic heterocycles. The smallest absolute Gasteiger partial charge is 0.338 e. The van der Waals surface area contributed by atoms with Gasteiger partial charge in [-0.3, -0.25) is 14.2 Å². The van der Waals surface area contributed by atoms with E-state index in [1.807, 2.05) is 24.4 Å². The van der Waals surface area contributed by atoms with Crippen LogP contribution in [0.5, 0.6) is 11.5 Å². The molecule has 1 aliphatic heterocycles. The van der Waals surface area contributed by atoms with E-state index in [4.69, 9.17) is 14.2 Å². The van der Waals surface area contributed by atoms with E-state index >= 15 is 0 Å². The third-order valence-electron chi connectivity index (χ3n) is 5.06. The molecule has 0 amide bonds. The van der Waals surface area contributed by atoms with Crippen LogP contribution in [0.2, 0.25) is 0 Å². The molecule has 8 nitrogen and oxygen atoms in total. The normalized spacial score (nSPS) is 15.5. The molecule has 0 saturated heterocycles. The monoisotopic (exact) mass is 498 g/mol. The van der Waals surface area contributed by atoms with Crippen LogP contribution in [0.25, 0.3) is 6.08 Å². The first-order valence-electron chi connectivity index (χ1n) is 10.4. The molecule has 1 aromatic carbocycles. The number of carbonyl (C=O) groups excluding carboxylic acids is 2. The number of aromatic nitrogens is 1. The number of nitrogens with zero attached hydrogens (tertiary/aromatic N) is 2. The summed E-state index contributed by atoms with van der Waals surface area (Å²) in [5.74, 6) is -0.257. The molecule has 3 heterocycles. The number of fused-ring (bicyclic) bond motifs is 1. The molecule has 0 bridgehead atoms. The molecular weight excluding hydrogens is 476 g/mol. The second kappa shape index (κ2) is 9.78. The Hall–Kier alpha value is -3.50. The molecule has 0 fully saturated rings. The number of esters is 2. The highest BCUT2D eigenvalue weighted by Crippen LogP contribution is 2.33. The summed E-state index contributed by atoms with van der Waals surface area (Å²) in [6.07, 6.45) is 1.73. The number of ether oxygens (including phenoxy) is 3. The van der Waals surface area contributed by atoms with Gasteiger partial charge in [-0.25, -0.2) is 9.79 Å². The van der Waals surface area contributed by atoms with Gasteiger partial charge >= 0.3 is 11.9 Å². The summed E-state index contributed by atoms with van der Waals surface area (Å²) in [4.78, 5) is 43.4. The number of thiophene rings is 1. The first kappa shape index (κ1) is 23.7. The zero-order valence-corrected chi connectivity index (χ0v) is 20.6. The fourth-order valence-electron chi connectivity index (χ4n) is 3.68. The molecule has 0 saturated carbocycles. The molecule has 4 rings (SSSR count). The summed E-state index contributed by atoms with van der Waals surface area (Å²) in [6, 6.07) is 8.22. The van der Waals surface area contributed by atoms with Gasteiger partial charge in [0, 0.05) is 11.8 Å². The molecule has 1 atom stereocenters. The number of allylic oxidation sites excluding steroid dienone is 1. The van der Waals surface area contributed by atoms with Gasteiger partial charge in [-0.2, -0.15) is 0 Å². The fraction of sp³-hybridized carbons (Fsp3) is 0.250. The third-order valence-corrected chi connectivity index (χ3v) is 6.97. The molecule has 34 heavy (non-hydrogen) atoms. The molecule has 0 aliphatic carbocycles. The van der Waals surface area contributed by atoms with Crippen molar-refractivity contribution < 1.29 is 23.8 Å². The quantitative estimate of drug-likeness (QED) is 0.383. The first-order valence-corrected chi connectivity index (χ1v) is 12.1. The fourth-order valence-corrected chi connectivity index (χ4v) is 5.55. The summed E-state index contributed by atoms with van der Waals surface area (Å²) in [5, 5.41) is 1.90. The zero-order chi connectivity index (χ0) is 24.4. The van der Waals surface area contributed by atoms with Gasteiger partial charge in [0.15, 0.2) is 16.3 Å².